The van der Waals surface area contributed by atoms with Crippen molar-refractivity contribution in [3.63, 3.8) is 0 Å². The average Bonchev–Trinajstić information content (AvgIpc) is 3.93. The van der Waals surface area contributed by atoms with Crippen LogP contribution in [0.25, 0.3) is 0 Å². The van der Waals surface area contributed by atoms with Crippen molar-refractivity contribution >= 4 is 35.7 Å². The molecular weight excluding hydrogens is 959 g/mol. The first-order chi connectivity index (χ1) is 34.3. The summed E-state index contributed by atoms with van der Waals surface area (Å²) in [5, 5.41) is 17.1. The third-order valence-electron chi connectivity index (χ3n) is 13.0. The summed E-state index contributed by atoms with van der Waals surface area (Å²) < 4.78 is 42.4. The van der Waals surface area contributed by atoms with E-state index in [1.165, 1.54) is 36.4 Å². The van der Waals surface area contributed by atoms with Crippen LogP contribution < -0.4 is 11.4 Å². The zero-order chi connectivity index (χ0) is 52.4. The molecule has 4 heterocycles. The summed E-state index contributed by atoms with van der Waals surface area (Å²) >= 11 is 0. The van der Waals surface area contributed by atoms with Crippen LogP contribution in [-0.2, 0) is 97.0 Å². The minimum Gasteiger partial charge on any atom is -0.467 e. The maximum Gasteiger partial charge on any atom is 0.480 e. The molecule has 0 atom stereocenters. The Morgan fingerprint density at radius 3 is 1.21 bits per heavy atom. The normalized spacial score (nSPS) is 21.8. The first-order valence-corrected chi connectivity index (χ1v) is 23.0. The fraction of sp³-hybridized carbons (Fsp3) is 0.545. The van der Waals surface area contributed by atoms with Gasteiger partial charge in [0.05, 0.1) is 14.2 Å². The van der Waals surface area contributed by atoms with Gasteiger partial charge in [0, 0.05) is 63.7 Å². The van der Waals surface area contributed by atoms with Gasteiger partial charge in [-0.25, -0.2) is 47.7 Å². The van der Waals surface area contributed by atoms with E-state index < -0.39 is 92.3 Å². The fourth-order valence-corrected chi connectivity index (χ4v) is 8.91. The molecule has 2 saturated heterocycles. The van der Waals surface area contributed by atoms with E-state index in [0.717, 1.165) is 56.9 Å². The molecule has 0 bridgehead atoms. The first-order valence-electron chi connectivity index (χ1n) is 23.0. The van der Waals surface area contributed by atoms with Crippen molar-refractivity contribution in [3.05, 3.63) is 92.3 Å². The Balaban J connectivity index is 1.29. The van der Waals surface area contributed by atoms with Gasteiger partial charge < -0.3 is 9.47 Å². The molecule has 28 heteroatoms. The number of halogens is 2. The van der Waals surface area contributed by atoms with Crippen LogP contribution in [0.1, 0.15) is 64.5 Å². The molecule has 6 rings (SSSR count). The average molecular weight is 1020 g/mol. The summed E-state index contributed by atoms with van der Waals surface area (Å²) in [4.78, 5) is 132. The number of likely N-dealkylation sites (tertiary alicyclic amines) is 2. The number of aromatic nitrogens is 8. The second-order valence-electron chi connectivity index (χ2n) is 17.2. The van der Waals surface area contributed by atoms with E-state index in [4.69, 9.17) is 28.8 Å². The highest BCUT2D eigenvalue weighted by molar-refractivity contribution is 6.29. The molecule has 390 valence electrons. The molecule has 0 spiro atoms. The molecule has 26 nitrogen and oxygen atoms in total. The van der Waals surface area contributed by atoms with Gasteiger partial charge in [-0.2, -0.15) is 18.7 Å². The lowest BCUT2D eigenvalue weighted by atomic mass is 9.86. The van der Waals surface area contributed by atoms with Crippen LogP contribution in [-0.4, -0.2) is 159 Å². The van der Waals surface area contributed by atoms with Gasteiger partial charge in [-0.3, -0.25) is 28.9 Å². The lowest BCUT2D eigenvalue weighted by Crippen LogP contribution is -2.68. The van der Waals surface area contributed by atoms with Gasteiger partial charge in [0.25, 0.3) is 0 Å². The minimum atomic E-state index is -1.86. The third-order valence-corrected chi connectivity index (χ3v) is 13.0. The number of amides is 2. The highest BCUT2D eigenvalue weighted by atomic mass is 19.1. The van der Waals surface area contributed by atoms with Crippen LogP contribution in [0.4, 0.5) is 8.78 Å². The standard InChI is InChI=1S/C44H58F2N12O14/c1-7-51-41(65)53(49-47-51)21-27-57(23-17-43(18-24-57,39(63)67-5)55(31(3)59)69-29-33-13-9-11-15-35(33)45)71-37(61)38(62)72-58(28-22-54-42(66)52(8-2)48-50-54)25-19-44(20-26-58,40(64)68-6)56(32(4)60)70-30-34-14-10-12-16-36(34)46/h9-16H,7-8,17-30H2,1-6H3/q+2. The molecule has 0 radical (unpaired) electrons. The van der Waals surface area contributed by atoms with E-state index in [0.29, 0.717) is 0 Å². The molecule has 2 amide bonds. The minimum absolute atomic E-state index is 0.0800. The Morgan fingerprint density at radius 1 is 0.583 bits per heavy atom. The number of carbonyl (C=O) groups excluding carboxylic acids is 6. The monoisotopic (exact) mass is 1020 g/mol. The number of hydrogen-bond donors (Lipinski definition) is 0. The smallest absolute Gasteiger partial charge is 0.467 e. The Labute approximate surface area is 410 Å². The number of tetrazole rings is 2. The number of carbonyl (C=O) groups is 6. The molecule has 2 aromatic carbocycles. The first kappa shape index (κ1) is 54.0. The zero-order valence-corrected chi connectivity index (χ0v) is 40.8. The molecule has 0 saturated carbocycles. The predicted molar refractivity (Wildman–Crippen MR) is 237 cm³/mol. The number of aryl methyl sites for hydroxylation is 2. The lowest BCUT2D eigenvalue weighted by molar-refractivity contribution is -1.10. The van der Waals surface area contributed by atoms with Crippen LogP contribution in [0.2, 0.25) is 0 Å². The molecule has 0 unspecified atom stereocenters. The predicted octanol–water partition coefficient (Wildman–Crippen LogP) is 0.133. The number of methoxy groups -OCH3 is 2. The molecule has 2 fully saturated rings. The number of ether oxygens (including phenoxy) is 2. The van der Waals surface area contributed by atoms with Gasteiger partial charge in [0.2, 0.25) is 11.8 Å². The van der Waals surface area contributed by atoms with E-state index >= 15 is 0 Å². The van der Waals surface area contributed by atoms with Gasteiger partial charge in [-0.15, -0.1) is 9.29 Å². The Bertz CT molecular complexity index is 2560. The van der Waals surface area contributed by atoms with Crippen molar-refractivity contribution in [3.8, 4) is 0 Å². The highest BCUT2D eigenvalue weighted by Crippen LogP contribution is 2.38. The molecule has 2 aromatic heterocycles. The van der Waals surface area contributed by atoms with Crippen LogP contribution in [0.15, 0.2) is 58.1 Å². The van der Waals surface area contributed by atoms with Crippen LogP contribution in [0.3, 0.4) is 0 Å². The van der Waals surface area contributed by atoms with Gasteiger partial charge in [0.15, 0.2) is 11.1 Å². The number of esters is 2. The Kier molecular flexibility index (Phi) is 17.1. The van der Waals surface area contributed by atoms with Crippen molar-refractivity contribution in [2.45, 2.75) is 104 Å². The van der Waals surface area contributed by atoms with Gasteiger partial charge in [0.1, 0.15) is 77.2 Å². The Hall–Kier alpha value is -7.30. The van der Waals surface area contributed by atoms with E-state index in [2.05, 4.69) is 20.9 Å². The summed E-state index contributed by atoms with van der Waals surface area (Å²) in [5.41, 5.74) is -4.74. The van der Waals surface area contributed by atoms with Crippen LogP contribution in [0, 0.1) is 11.6 Å². The SMILES string of the molecule is CCn1nnn(CC[N+]2(OC(=O)C(=O)O[N+]3(CCn4nnn(CC)c4=O)CCC(C(=O)OC)(N(OCc4ccccc4F)C(C)=O)CC3)CCC(C(=O)OC)(N(OCc3ccccc3F)C(C)=O)CC2)c1=O. The number of quaternary nitrogens is 2. The zero-order valence-electron chi connectivity index (χ0n) is 40.8. The van der Waals surface area contributed by atoms with Crippen LogP contribution in [0.5, 0.6) is 0 Å². The van der Waals surface area contributed by atoms with Crippen molar-refractivity contribution in [2.75, 3.05) is 53.5 Å². The quantitative estimate of drug-likeness (QED) is 0.0493. The van der Waals surface area contributed by atoms with Gasteiger partial charge in [-0.1, -0.05) is 36.4 Å². The molecule has 2 aliphatic heterocycles. The topological polar surface area (TPSA) is 270 Å². The molecule has 4 aromatic rings. The highest BCUT2D eigenvalue weighted by Gasteiger charge is 2.59. The van der Waals surface area contributed by atoms with Crippen molar-refractivity contribution < 1.29 is 75.7 Å². The fourth-order valence-electron chi connectivity index (χ4n) is 8.91. The van der Waals surface area contributed by atoms with Crippen LogP contribution >= 0.6 is 0 Å². The van der Waals surface area contributed by atoms with E-state index in [-0.39, 0.29) is 102 Å². The van der Waals surface area contributed by atoms with E-state index in [9.17, 15) is 47.1 Å². The number of benzene rings is 2. The summed E-state index contributed by atoms with van der Waals surface area (Å²) in [5.74, 6) is -7.63. The molecular formula is C44H58F2N12O14+2. The number of rotatable bonds is 20. The largest absolute Gasteiger partial charge is 0.480 e. The summed E-state index contributed by atoms with van der Waals surface area (Å²) in [6.07, 6.45) is -1.26. The second-order valence-corrected chi connectivity index (χ2v) is 17.2. The molecule has 2 aliphatic rings. The molecule has 72 heavy (non-hydrogen) atoms. The third kappa shape index (κ3) is 11.4. The van der Waals surface area contributed by atoms with Gasteiger partial charge in [-0.05, 0) is 46.8 Å². The summed E-state index contributed by atoms with van der Waals surface area (Å²) in [7, 11) is 2.20. The van der Waals surface area contributed by atoms with Gasteiger partial charge >= 0.3 is 35.3 Å². The lowest BCUT2D eigenvalue weighted by Gasteiger charge is -2.47. The maximum absolute atomic E-state index is 14.7. The maximum atomic E-state index is 14.7. The molecule has 0 N–H and O–H groups in total. The molecule has 0 aliphatic carbocycles. The van der Waals surface area contributed by atoms with Crippen molar-refractivity contribution in [1.29, 1.82) is 0 Å². The number of piperidine rings is 2. The van der Waals surface area contributed by atoms with Crippen molar-refractivity contribution in [1.82, 2.24) is 49.7 Å². The summed E-state index contributed by atoms with van der Waals surface area (Å²) in [6, 6.07) is 11.3. The number of hydrogen-bond acceptors (Lipinski definition) is 18. The summed E-state index contributed by atoms with van der Waals surface area (Å²) in [6.45, 7) is 2.96. The van der Waals surface area contributed by atoms with Crippen molar-refractivity contribution in [2.24, 2.45) is 0 Å². The van der Waals surface area contributed by atoms with E-state index in [1.807, 2.05) is 0 Å². The second kappa shape index (κ2) is 22.8. The van der Waals surface area contributed by atoms with E-state index in [1.54, 1.807) is 26.0 Å². The Morgan fingerprint density at radius 2 is 0.917 bits per heavy atom. The number of hydroxylamine groups is 10. The number of nitrogens with zero attached hydrogens (tertiary/aromatic N) is 12.